The Kier molecular flexibility index (Phi) is 11.6. The molecule has 52 heavy (non-hydrogen) atoms. The van der Waals surface area contributed by atoms with E-state index < -0.39 is 72.0 Å². The number of anilines is 1. The fraction of sp³-hybridized carbons (Fsp3) is 0.366. The molecule has 2 N–H and O–H groups in total. The minimum atomic E-state index is -1.34. The van der Waals surface area contributed by atoms with Gasteiger partial charge >= 0.3 is 5.97 Å². The van der Waals surface area contributed by atoms with Crippen LogP contribution in [0.2, 0.25) is 5.02 Å². The van der Waals surface area contributed by atoms with Crippen molar-refractivity contribution in [2.75, 3.05) is 24.7 Å². The van der Waals surface area contributed by atoms with E-state index in [1.165, 1.54) is 9.80 Å². The van der Waals surface area contributed by atoms with Gasteiger partial charge in [-0.05, 0) is 48.9 Å². The van der Waals surface area contributed by atoms with Gasteiger partial charge in [-0.1, -0.05) is 96.5 Å². The number of amides is 3. The maximum atomic E-state index is 15.0. The molecule has 3 aromatic rings. The number of benzene rings is 3. The first-order valence-electron chi connectivity index (χ1n) is 17.7. The average molecular weight is 726 g/mol. The fourth-order valence-electron chi connectivity index (χ4n) is 8.10. The number of hydrogen-bond acceptors (Lipinski definition) is 7. The number of esters is 1. The van der Waals surface area contributed by atoms with Gasteiger partial charge in [0.1, 0.15) is 18.2 Å². The molecule has 0 unspecified atom stereocenters. The summed E-state index contributed by atoms with van der Waals surface area (Å²) in [4.78, 5) is 59.8. The molecule has 6 rings (SSSR count). The third kappa shape index (κ3) is 7.15. The summed E-state index contributed by atoms with van der Waals surface area (Å²) >= 11 is 6.62. The Hall–Kier alpha value is -4.77. The minimum absolute atomic E-state index is 0.0991. The summed E-state index contributed by atoms with van der Waals surface area (Å²) in [6.45, 7) is 7.08. The van der Waals surface area contributed by atoms with Crippen molar-refractivity contribution in [1.29, 1.82) is 0 Å². The van der Waals surface area contributed by atoms with Gasteiger partial charge in [-0.15, -0.1) is 13.2 Å². The van der Waals surface area contributed by atoms with E-state index in [9.17, 15) is 19.5 Å². The van der Waals surface area contributed by atoms with Gasteiger partial charge in [-0.25, -0.2) is 0 Å². The molecule has 1 spiro atoms. The molecule has 0 aromatic heterocycles. The molecule has 0 aliphatic carbocycles. The molecule has 3 aromatic carbocycles. The Morgan fingerprint density at radius 2 is 1.73 bits per heavy atom. The number of ether oxygens (including phenoxy) is 2. The van der Waals surface area contributed by atoms with Crippen LogP contribution in [-0.2, 0) is 35.1 Å². The average Bonchev–Trinajstić information content (AvgIpc) is 3.82. The molecule has 7 atom stereocenters. The first-order chi connectivity index (χ1) is 25.2. The highest BCUT2D eigenvalue weighted by molar-refractivity contribution is 6.34. The topological polar surface area (TPSA) is 125 Å². The number of aliphatic hydroxyl groups excluding tert-OH is 1. The number of fused-ring (bicyclic) bond motifs is 1. The van der Waals surface area contributed by atoms with Crippen molar-refractivity contribution in [3.05, 3.63) is 126 Å². The summed E-state index contributed by atoms with van der Waals surface area (Å²) in [7, 11) is 0. The number of hydrogen-bond donors (Lipinski definition) is 2. The Labute approximate surface area is 309 Å². The molecule has 3 aliphatic rings. The normalized spacial score (nSPS) is 24.1. The monoisotopic (exact) mass is 725 g/mol. The maximum Gasteiger partial charge on any atom is 0.306 e. The summed E-state index contributed by atoms with van der Waals surface area (Å²) < 4.78 is 12.3. The lowest BCUT2D eigenvalue weighted by Gasteiger charge is -2.39. The molecule has 3 saturated heterocycles. The van der Waals surface area contributed by atoms with Crippen LogP contribution in [0.3, 0.4) is 0 Å². The van der Waals surface area contributed by atoms with E-state index in [-0.39, 0.29) is 26.0 Å². The summed E-state index contributed by atoms with van der Waals surface area (Å²) in [6.07, 6.45) is 4.29. The van der Waals surface area contributed by atoms with E-state index in [0.717, 1.165) is 11.1 Å². The van der Waals surface area contributed by atoms with Gasteiger partial charge in [0.25, 0.3) is 5.91 Å². The van der Waals surface area contributed by atoms with Crippen LogP contribution in [0.4, 0.5) is 5.69 Å². The number of aliphatic hydroxyl groups is 1. The molecular weight excluding hydrogens is 682 g/mol. The zero-order valence-corrected chi connectivity index (χ0v) is 29.7. The fourth-order valence-corrected chi connectivity index (χ4v) is 8.34. The first kappa shape index (κ1) is 37.0. The van der Waals surface area contributed by atoms with E-state index >= 15 is 4.79 Å². The molecule has 11 heteroatoms. The summed E-state index contributed by atoms with van der Waals surface area (Å²) in [5, 5.41) is 14.3. The number of carbonyl (C=O) groups excluding carboxylic acids is 4. The lowest BCUT2D eigenvalue weighted by molar-refractivity contribution is -0.146. The van der Waals surface area contributed by atoms with Gasteiger partial charge in [-0.2, -0.15) is 0 Å². The Bertz CT molecular complexity index is 1790. The molecule has 0 saturated carbocycles. The largest absolute Gasteiger partial charge is 0.463 e. The number of nitrogens with one attached hydrogen (secondary N) is 1. The Morgan fingerprint density at radius 3 is 2.40 bits per heavy atom. The molecule has 3 heterocycles. The summed E-state index contributed by atoms with van der Waals surface area (Å²) in [6, 6.07) is 22.9. The number of allylic oxidation sites excluding steroid dienone is 1. The number of nitrogens with zero attached hydrogens (tertiary/aromatic N) is 2. The smallest absolute Gasteiger partial charge is 0.306 e. The first-order valence-corrected chi connectivity index (χ1v) is 18.0. The summed E-state index contributed by atoms with van der Waals surface area (Å²) in [5.41, 5.74) is 0.698. The van der Waals surface area contributed by atoms with Gasteiger partial charge in [0.05, 0.1) is 47.3 Å². The van der Waals surface area contributed by atoms with E-state index in [1.807, 2.05) is 60.7 Å². The predicted molar refractivity (Wildman–Crippen MR) is 197 cm³/mol. The quantitative estimate of drug-likeness (QED) is 0.154. The van der Waals surface area contributed by atoms with Gasteiger partial charge in [-0.3, -0.25) is 19.2 Å². The van der Waals surface area contributed by atoms with E-state index in [0.29, 0.717) is 30.0 Å². The molecule has 3 amide bonds. The van der Waals surface area contributed by atoms with Crippen molar-refractivity contribution in [1.82, 2.24) is 10.2 Å². The Balaban J connectivity index is 1.36. The van der Waals surface area contributed by atoms with Crippen molar-refractivity contribution in [3.8, 4) is 0 Å². The van der Waals surface area contributed by atoms with Crippen LogP contribution in [0.5, 0.6) is 0 Å². The van der Waals surface area contributed by atoms with Crippen molar-refractivity contribution in [2.45, 2.75) is 61.9 Å². The number of para-hydroxylation sites is 1. The maximum absolute atomic E-state index is 15.0. The lowest BCUT2D eigenvalue weighted by Crippen LogP contribution is -2.59. The lowest BCUT2D eigenvalue weighted by atomic mass is 9.70. The predicted octanol–water partition coefficient (Wildman–Crippen LogP) is 5.20. The minimum Gasteiger partial charge on any atom is -0.463 e. The molecule has 3 fully saturated rings. The van der Waals surface area contributed by atoms with Crippen LogP contribution >= 0.6 is 11.6 Å². The van der Waals surface area contributed by atoms with Crippen molar-refractivity contribution in [2.24, 2.45) is 11.8 Å². The second-order valence-corrected chi connectivity index (χ2v) is 13.9. The molecule has 272 valence electrons. The zero-order valence-electron chi connectivity index (χ0n) is 28.9. The zero-order chi connectivity index (χ0) is 36.8. The second kappa shape index (κ2) is 16.3. The van der Waals surface area contributed by atoms with E-state index in [2.05, 4.69) is 18.5 Å². The van der Waals surface area contributed by atoms with Gasteiger partial charge in [0, 0.05) is 13.0 Å². The highest BCUT2D eigenvalue weighted by Crippen LogP contribution is 2.59. The number of carbonyl (C=O) groups is 4. The van der Waals surface area contributed by atoms with Crippen LogP contribution in [0.1, 0.15) is 42.9 Å². The highest BCUT2D eigenvalue weighted by Gasteiger charge is 2.75. The van der Waals surface area contributed by atoms with Gasteiger partial charge in [0.2, 0.25) is 11.8 Å². The standard InChI is InChI=1S/C41H44ClN3O7/c1-3-5-20-34(47)51-26-31(28-16-10-7-11-17-28)43-38(48)35-33-21-22-41(52-33)36(35)39(49)45(29(25-46)24-27-14-8-6-9-15-27)37(41)40(50)44(23-4-2)32-19-13-12-18-30(32)42/h3-4,6-19,29,31,33,35-37,46H,1-2,5,20-26H2,(H,43,48)/t29-,31+,33+,35-,36-,37+,41-/m1/s1. The van der Waals surface area contributed by atoms with Crippen molar-refractivity contribution >= 4 is 41.0 Å². The highest BCUT2D eigenvalue weighted by atomic mass is 35.5. The molecule has 0 radical (unpaired) electrons. The number of rotatable bonds is 16. The third-order valence-corrected chi connectivity index (χ3v) is 10.7. The third-order valence-electron chi connectivity index (χ3n) is 10.4. The van der Waals surface area contributed by atoms with Crippen LogP contribution in [-0.4, -0.2) is 77.2 Å². The molecular formula is C41H44ClN3O7. The van der Waals surface area contributed by atoms with Crippen LogP contribution in [0.25, 0.3) is 0 Å². The summed E-state index contributed by atoms with van der Waals surface area (Å²) in [5.74, 6) is -3.67. The van der Waals surface area contributed by atoms with Crippen LogP contribution < -0.4 is 10.2 Å². The van der Waals surface area contributed by atoms with E-state index in [4.69, 9.17) is 21.1 Å². The Morgan fingerprint density at radius 1 is 1.04 bits per heavy atom. The van der Waals surface area contributed by atoms with Gasteiger partial charge in [0.15, 0.2) is 0 Å². The van der Waals surface area contributed by atoms with Crippen molar-refractivity contribution < 1.29 is 33.8 Å². The van der Waals surface area contributed by atoms with E-state index in [1.54, 1.807) is 36.4 Å². The van der Waals surface area contributed by atoms with Gasteiger partial charge < -0.3 is 29.7 Å². The SMILES string of the molecule is C=CCCC(=O)OC[C@H](NC(=O)[C@@H]1[C@@H]2CC[C@]3(O2)[C@H](C(=O)N(CC=C)c2ccccc2Cl)N([C@@H](CO)Cc2ccccc2)C(=O)[C@@H]13)c1ccccc1. The van der Waals surface area contributed by atoms with Crippen molar-refractivity contribution in [3.63, 3.8) is 0 Å². The molecule has 2 bridgehead atoms. The van der Waals surface area contributed by atoms with Crippen LogP contribution in [0.15, 0.2) is 110 Å². The number of halogens is 1. The molecule has 3 aliphatic heterocycles. The number of likely N-dealkylation sites (tertiary alicyclic amines) is 1. The van der Waals surface area contributed by atoms with Crippen LogP contribution in [0, 0.1) is 11.8 Å². The second-order valence-electron chi connectivity index (χ2n) is 13.5. The molecule has 10 nitrogen and oxygen atoms in total.